The second-order valence-electron chi connectivity index (χ2n) is 3.19. The summed E-state index contributed by atoms with van der Waals surface area (Å²) in [4.78, 5) is 4.24. The van der Waals surface area contributed by atoms with Crippen molar-refractivity contribution in [3.05, 3.63) is 53.2 Å². The maximum Gasteiger partial charge on any atom is 0.0703 e. The molecular formula is C12H9Cl2N. The van der Waals surface area contributed by atoms with Gasteiger partial charge in [0.2, 0.25) is 0 Å². The smallest absolute Gasteiger partial charge is 0.0703 e. The van der Waals surface area contributed by atoms with E-state index in [1.54, 1.807) is 6.20 Å². The van der Waals surface area contributed by atoms with Crippen molar-refractivity contribution in [1.82, 2.24) is 4.98 Å². The monoisotopic (exact) mass is 237 g/mol. The third-order valence-corrected chi connectivity index (χ3v) is 2.66. The number of pyridine rings is 1. The summed E-state index contributed by atoms with van der Waals surface area (Å²) in [6.07, 6.45) is 1.65. The fourth-order valence-electron chi connectivity index (χ4n) is 1.31. The Balaban J connectivity index is 2.33. The van der Waals surface area contributed by atoms with Crippen LogP contribution in [0.1, 0.15) is 5.56 Å². The fourth-order valence-corrected chi connectivity index (χ4v) is 1.60. The Bertz CT molecular complexity index is 434. The van der Waals surface area contributed by atoms with Crippen molar-refractivity contribution in [2.24, 2.45) is 0 Å². The Morgan fingerprint density at radius 2 is 1.73 bits per heavy atom. The van der Waals surface area contributed by atoms with Crippen molar-refractivity contribution in [2.75, 3.05) is 0 Å². The highest BCUT2D eigenvalue weighted by Gasteiger charge is 1.98. The van der Waals surface area contributed by atoms with E-state index in [-0.39, 0.29) is 0 Å². The van der Waals surface area contributed by atoms with E-state index < -0.39 is 0 Å². The number of aromatic nitrogens is 1. The molecule has 0 atom stereocenters. The zero-order chi connectivity index (χ0) is 10.7. The standard InChI is InChI=1S/C12H9Cl2N/c13-7-9-1-3-10(4-2-9)12-6-5-11(14)8-15-12/h1-6,8H,7H2. The van der Waals surface area contributed by atoms with E-state index in [9.17, 15) is 0 Å². The molecule has 1 nitrogen and oxygen atoms in total. The lowest BCUT2D eigenvalue weighted by Crippen LogP contribution is -1.83. The number of alkyl halides is 1. The highest BCUT2D eigenvalue weighted by molar-refractivity contribution is 6.30. The van der Waals surface area contributed by atoms with E-state index in [1.807, 2.05) is 36.4 Å². The van der Waals surface area contributed by atoms with E-state index in [2.05, 4.69) is 4.98 Å². The van der Waals surface area contributed by atoms with Crippen LogP contribution in [0.5, 0.6) is 0 Å². The second-order valence-corrected chi connectivity index (χ2v) is 3.90. The summed E-state index contributed by atoms with van der Waals surface area (Å²) in [5.41, 5.74) is 3.09. The molecule has 0 amide bonds. The zero-order valence-corrected chi connectivity index (χ0v) is 9.46. The molecule has 2 rings (SSSR count). The largest absolute Gasteiger partial charge is 0.255 e. The molecule has 0 bridgehead atoms. The lowest BCUT2D eigenvalue weighted by Gasteiger charge is -2.01. The number of hydrogen-bond donors (Lipinski definition) is 0. The van der Waals surface area contributed by atoms with Crippen molar-refractivity contribution >= 4 is 23.2 Å². The third kappa shape index (κ3) is 2.49. The van der Waals surface area contributed by atoms with E-state index in [0.717, 1.165) is 16.8 Å². The molecule has 1 aromatic carbocycles. The molecule has 0 fully saturated rings. The molecule has 0 spiro atoms. The highest BCUT2D eigenvalue weighted by Crippen LogP contribution is 2.19. The van der Waals surface area contributed by atoms with E-state index in [1.165, 1.54) is 0 Å². The van der Waals surface area contributed by atoms with Gasteiger partial charge in [-0.25, -0.2) is 0 Å². The molecule has 0 radical (unpaired) electrons. The summed E-state index contributed by atoms with van der Waals surface area (Å²) in [5.74, 6) is 0.536. The highest BCUT2D eigenvalue weighted by atomic mass is 35.5. The maximum absolute atomic E-state index is 5.77. The molecular weight excluding hydrogens is 229 g/mol. The van der Waals surface area contributed by atoms with Crippen LogP contribution in [-0.2, 0) is 5.88 Å². The average molecular weight is 238 g/mol. The Labute approximate surface area is 98.7 Å². The first-order chi connectivity index (χ1) is 7.29. The Kier molecular flexibility index (Phi) is 3.24. The van der Waals surface area contributed by atoms with E-state index in [0.29, 0.717) is 10.9 Å². The van der Waals surface area contributed by atoms with Gasteiger partial charge in [0.15, 0.2) is 0 Å². The molecule has 0 aliphatic carbocycles. The van der Waals surface area contributed by atoms with Crippen LogP contribution in [0.25, 0.3) is 11.3 Å². The van der Waals surface area contributed by atoms with Gasteiger partial charge in [0, 0.05) is 17.6 Å². The van der Waals surface area contributed by atoms with Gasteiger partial charge < -0.3 is 0 Å². The number of rotatable bonds is 2. The van der Waals surface area contributed by atoms with Gasteiger partial charge in [-0.3, -0.25) is 4.98 Å². The van der Waals surface area contributed by atoms with Crippen LogP contribution in [0.2, 0.25) is 5.02 Å². The van der Waals surface area contributed by atoms with Crippen LogP contribution >= 0.6 is 23.2 Å². The summed E-state index contributed by atoms with van der Waals surface area (Å²) in [6, 6.07) is 11.7. The summed E-state index contributed by atoms with van der Waals surface area (Å²) in [5, 5.41) is 0.649. The van der Waals surface area contributed by atoms with Crippen LogP contribution in [0.4, 0.5) is 0 Å². The number of benzene rings is 1. The van der Waals surface area contributed by atoms with Crippen LogP contribution in [0.3, 0.4) is 0 Å². The quantitative estimate of drug-likeness (QED) is 0.716. The molecule has 0 unspecified atom stereocenters. The predicted octanol–water partition coefficient (Wildman–Crippen LogP) is 4.14. The third-order valence-electron chi connectivity index (χ3n) is 2.13. The molecule has 0 aliphatic rings. The summed E-state index contributed by atoms with van der Waals surface area (Å²) >= 11 is 11.5. The van der Waals surface area contributed by atoms with Gasteiger partial charge in [0.05, 0.1) is 10.7 Å². The van der Waals surface area contributed by atoms with Crippen LogP contribution in [-0.4, -0.2) is 4.98 Å². The molecule has 1 aromatic heterocycles. The van der Waals surface area contributed by atoms with Gasteiger partial charge in [-0.05, 0) is 17.7 Å². The molecule has 0 saturated carbocycles. The lowest BCUT2D eigenvalue weighted by molar-refractivity contribution is 1.32. The molecule has 0 N–H and O–H groups in total. The van der Waals surface area contributed by atoms with Crippen molar-refractivity contribution in [3.8, 4) is 11.3 Å². The molecule has 0 saturated heterocycles. The summed E-state index contributed by atoms with van der Waals surface area (Å²) < 4.78 is 0. The average Bonchev–Trinajstić information content (AvgIpc) is 2.30. The van der Waals surface area contributed by atoms with Crippen molar-refractivity contribution in [2.45, 2.75) is 5.88 Å². The second kappa shape index (κ2) is 4.65. The SMILES string of the molecule is ClCc1ccc(-c2ccc(Cl)cn2)cc1. The minimum absolute atomic E-state index is 0.536. The van der Waals surface area contributed by atoms with Crippen LogP contribution in [0, 0.1) is 0 Å². The molecule has 1 heterocycles. The molecule has 15 heavy (non-hydrogen) atoms. The van der Waals surface area contributed by atoms with Crippen LogP contribution in [0.15, 0.2) is 42.6 Å². The van der Waals surface area contributed by atoms with Crippen molar-refractivity contribution in [3.63, 3.8) is 0 Å². The predicted molar refractivity (Wildman–Crippen MR) is 64.2 cm³/mol. The topological polar surface area (TPSA) is 12.9 Å². The Hall–Kier alpha value is -1.05. The van der Waals surface area contributed by atoms with Gasteiger partial charge in [0.25, 0.3) is 0 Å². The minimum Gasteiger partial charge on any atom is -0.255 e. The first kappa shape index (κ1) is 10.5. The first-order valence-electron chi connectivity index (χ1n) is 4.56. The fraction of sp³-hybridized carbons (Fsp3) is 0.0833. The molecule has 3 heteroatoms. The number of hydrogen-bond acceptors (Lipinski definition) is 1. The minimum atomic E-state index is 0.536. The summed E-state index contributed by atoms with van der Waals surface area (Å²) in [6.45, 7) is 0. The van der Waals surface area contributed by atoms with Gasteiger partial charge in [-0.1, -0.05) is 35.9 Å². The van der Waals surface area contributed by atoms with Gasteiger partial charge in [-0.15, -0.1) is 11.6 Å². The maximum atomic E-state index is 5.77. The van der Waals surface area contributed by atoms with E-state index >= 15 is 0 Å². The van der Waals surface area contributed by atoms with E-state index in [4.69, 9.17) is 23.2 Å². The normalized spacial score (nSPS) is 10.3. The van der Waals surface area contributed by atoms with Crippen molar-refractivity contribution < 1.29 is 0 Å². The van der Waals surface area contributed by atoms with Crippen molar-refractivity contribution in [1.29, 1.82) is 0 Å². The summed E-state index contributed by atoms with van der Waals surface area (Å²) in [7, 11) is 0. The van der Waals surface area contributed by atoms with Gasteiger partial charge in [0.1, 0.15) is 0 Å². The molecule has 2 aromatic rings. The van der Waals surface area contributed by atoms with Gasteiger partial charge in [-0.2, -0.15) is 0 Å². The number of nitrogens with zero attached hydrogens (tertiary/aromatic N) is 1. The van der Waals surface area contributed by atoms with Gasteiger partial charge >= 0.3 is 0 Å². The Morgan fingerprint density at radius 3 is 2.27 bits per heavy atom. The molecule has 76 valence electrons. The Morgan fingerprint density at radius 1 is 1.00 bits per heavy atom. The van der Waals surface area contributed by atoms with Crippen LogP contribution < -0.4 is 0 Å². The number of halogens is 2. The lowest BCUT2D eigenvalue weighted by atomic mass is 10.1. The zero-order valence-electron chi connectivity index (χ0n) is 7.95. The molecule has 0 aliphatic heterocycles. The first-order valence-corrected chi connectivity index (χ1v) is 5.47.